The van der Waals surface area contributed by atoms with Gasteiger partial charge in [-0.15, -0.1) is 0 Å². The first-order valence-electron chi connectivity index (χ1n) is 7.79. The van der Waals surface area contributed by atoms with E-state index in [1.165, 1.54) is 5.56 Å². The van der Waals surface area contributed by atoms with E-state index in [0.29, 0.717) is 19.4 Å². The minimum atomic E-state index is -0.805. The van der Waals surface area contributed by atoms with Crippen LogP contribution in [0.1, 0.15) is 38.7 Å². The molecule has 0 saturated heterocycles. The van der Waals surface area contributed by atoms with Crippen LogP contribution in [0, 0.1) is 5.41 Å². The van der Waals surface area contributed by atoms with Crippen LogP contribution >= 0.6 is 0 Å². The normalized spacial score (nSPS) is 19.8. The summed E-state index contributed by atoms with van der Waals surface area (Å²) in [5.41, 5.74) is 1.37. The fourth-order valence-corrected chi connectivity index (χ4v) is 2.93. The molecule has 112 valence electrons. The molecule has 1 aromatic carbocycles. The minimum absolute atomic E-state index is 0.0201. The number of para-hydroxylation sites is 1. The minimum Gasteiger partial charge on any atom is -0.353 e. The molecule has 1 fully saturated rings. The Morgan fingerprint density at radius 3 is 2.71 bits per heavy atom. The molecular weight excluding hydrogens is 264 g/mol. The van der Waals surface area contributed by atoms with Gasteiger partial charge in [0.2, 0.25) is 11.8 Å². The predicted octanol–water partition coefficient (Wildman–Crippen LogP) is 2.27. The molecular formula is C17H22N2O2. The van der Waals surface area contributed by atoms with Crippen molar-refractivity contribution < 1.29 is 9.59 Å². The zero-order chi connectivity index (χ0) is 15.0. The lowest BCUT2D eigenvalue weighted by atomic mass is 10.0. The molecule has 1 saturated carbocycles. The Hall–Kier alpha value is -1.84. The number of carbonyl (C=O) groups excluding carboxylic acids is 2. The number of nitrogens with zero attached hydrogens (tertiary/aromatic N) is 1. The van der Waals surface area contributed by atoms with Crippen molar-refractivity contribution in [2.24, 2.45) is 5.41 Å². The van der Waals surface area contributed by atoms with Crippen LogP contribution in [0.3, 0.4) is 0 Å². The van der Waals surface area contributed by atoms with Crippen molar-refractivity contribution in [3.8, 4) is 0 Å². The van der Waals surface area contributed by atoms with Crippen molar-refractivity contribution in [3.63, 3.8) is 0 Å². The summed E-state index contributed by atoms with van der Waals surface area (Å²) < 4.78 is 0. The SMILES string of the molecule is CCC(C)NC(=O)C1(C(=O)N2CCc3ccccc32)CC1. The summed E-state index contributed by atoms with van der Waals surface area (Å²) in [6.07, 6.45) is 3.10. The fourth-order valence-electron chi connectivity index (χ4n) is 2.93. The molecule has 21 heavy (non-hydrogen) atoms. The number of amides is 2. The van der Waals surface area contributed by atoms with Crippen LogP contribution in [0.5, 0.6) is 0 Å². The topological polar surface area (TPSA) is 49.4 Å². The average Bonchev–Trinajstić information content (AvgIpc) is 3.20. The van der Waals surface area contributed by atoms with E-state index in [1.807, 2.05) is 32.0 Å². The van der Waals surface area contributed by atoms with Gasteiger partial charge in [0.05, 0.1) is 0 Å². The molecule has 0 radical (unpaired) electrons. The Morgan fingerprint density at radius 1 is 1.33 bits per heavy atom. The highest BCUT2D eigenvalue weighted by atomic mass is 16.2. The zero-order valence-corrected chi connectivity index (χ0v) is 12.7. The van der Waals surface area contributed by atoms with Gasteiger partial charge in [0.15, 0.2) is 0 Å². The van der Waals surface area contributed by atoms with Crippen molar-refractivity contribution in [2.45, 2.75) is 45.6 Å². The molecule has 0 spiro atoms. The van der Waals surface area contributed by atoms with E-state index in [1.54, 1.807) is 4.90 Å². The van der Waals surface area contributed by atoms with E-state index >= 15 is 0 Å². The highest BCUT2D eigenvalue weighted by Crippen LogP contribution is 2.49. The summed E-state index contributed by atoms with van der Waals surface area (Å²) in [6, 6.07) is 8.09. The largest absolute Gasteiger partial charge is 0.353 e. The van der Waals surface area contributed by atoms with Crippen LogP contribution in [0.15, 0.2) is 24.3 Å². The van der Waals surface area contributed by atoms with Crippen LogP contribution in [0.25, 0.3) is 0 Å². The van der Waals surface area contributed by atoms with Crippen LogP contribution in [0.2, 0.25) is 0 Å². The Morgan fingerprint density at radius 2 is 2.05 bits per heavy atom. The van der Waals surface area contributed by atoms with Gasteiger partial charge >= 0.3 is 0 Å². The third-order valence-electron chi connectivity index (χ3n) is 4.72. The number of fused-ring (bicyclic) bond motifs is 1. The van der Waals surface area contributed by atoms with Crippen LogP contribution < -0.4 is 10.2 Å². The van der Waals surface area contributed by atoms with E-state index in [0.717, 1.165) is 18.5 Å². The van der Waals surface area contributed by atoms with E-state index in [4.69, 9.17) is 0 Å². The molecule has 2 amide bonds. The molecule has 3 rings (SSSR count). The molecule has 4 heteroatoms. The van der Waals surface area contributed by atoms with Crippen LogP contribution in [-0.4, -0.2) is 24.4 Å². The molecule has 1 atom stereocenters. The third kappa shape index (κ3) is 2.33. The second-order valence-corrected chi connectivity index (χ2v) is 6.20. The zero-order valence-electron chi connectivity index (χ0n) is 12.7. The van der Waals surface area contributed by atoms with Gasteiger partial charge in [-0.25, -0.2) is 0 Å². The lowest BCUT2D eigenvalue weighted by Gasteiger charge is -2.24. The molecule has 1 aromatic rings. The van der Waals surface area contributed by atoms with E-state index in [-0.39, 0.29) is 17.9 Å². The van der Waals surface area contributed by atoms with Gasteiger partial charge in [-0.3, -0.25) is 9.59 Å². The third-order valence-corrected chi connectivity index (χ3v) is 4.72. The number of hydrogen-bond acceptors (Lipinski definition) is 2. The van der Waals surface area contributed by atoms with E-state index in [9.17, 15) is 9.59 Å². The summed E-state index contributed by atoms with van der Waals surface area (Å²) in [7, 11) is 0. The number of anilines is 1. The standard InChI is InChI=1S/C17H22N2O2/c1-3-12(2)18-15(20)17(9-10-17)16(21)19-11-8-13-6-4-5-7-14(13)19/h4-7,12H,3,8-11H2,1-2H3,(H,18,20). The lowest BCUT2D eigenvalue weighted by Crippen LogP contribution is -2.47. The molecule has 2 aliphatic rings. The summed E-state index contributed by atoms with van der Waals surface area (Å²) in [6.45, 7) is 4.70. The molecule has 0 bridgehead atoms. The first kappa shape index (κ1) is 14.1. The smallest absolute Gasteiger partial charge is 0.242 e. The quantitative estimate of drug-likeness (QED) is 0.863. The number of benzene rings is 1. The predicted molar refractivity (Wildman–Crippen MR) is 82.1 cm³/mol. The second-order valence-electron chi connectivity index (χ2n) is 6.20. The fraction of sp³-hybridized carbons (Fsp3) is 0.529. The Labute approximate surface area is 125 Å². The lowest BCUT2D eigenvalue weighted by molar-refractivity contribution is -0.136. The number of hydrogen-bond donors (Lipinski definition) is 1. The van der Waals surface area contributed by atoms with Crippen molar-refractivity contribution >= 4 is 17.5 Å². The molecule has 4 nitrogen and oxygen atoms in total. The van der Waals surface area contributed by atoms with Crippen molar-refractivity contribution in [1.82, 2.24) is 5.32 Å². The van der Waals surface area contributed by atoms with Crippen LogP contribution in [0.4, 0.5) is 5.69 Å². The maximum absolute atomic E-state index is 12.9. The van der Waals surface area contributed by atoms with Gasteiger partial charge in [-0.2, -0.15) is 0 Å². The van der Waals surface area contributed by atoms with Gasteiger partial charge in [0.25, 0.3) is 0 Å². The second kappa shape index (κ2) is 5.17. The van der Waals surface area contributed by atoms with Crippen molar-refractivity contribution in [1.29, 1.82) is 0 Å². The number of carbonyl (C=O) groups is 2. The van der Waals surface area contributed by atoms with Crippen molar-refractivity contribution in [3.05, 3.63) is 29.8 Å². The molecule has 1 aliphatic carbocycles. The first-order valence-corrected chi connectivity index (χ1v) is 7.79. The Bertz CT molecular complexity index is 578. The molecule has 0 aromatic heterocycles. The summed E-state index contributed by atoms with van der Waals surface area (Å²) in [4.78, 5) is 27.1. The summed E-state index contributed by atoms with van der Waals surface area (Å²) in [5.74, 6) is -0.112. The summed E-state index contributed by atoms with van der Waals surface area (Å²) in [5, 5.41) is 2.97. The average molecular weight is 286 g/mol. The number of rotatable bonds is 4. The molecule has 1 unspecified atom stereocenters. The Balaban J connectivity index is 1.78. The first-order chi connectivity index (χ1) is 10.1. The maximum Gasteiger partial charge on any atom is 0.242 e. The summed E-state index contributed by atoms with van der Waals surface area (Å²) >= 11 is 0. The maximum atomic E-state index is 12.9. The van der Waals surface area contributed by atoms with Gasteiger partial charge in [0, 0.05) is 18.3 Å². The van der Waals surface area contributed by atoms with E-state index in [2.05, 4.69) is 11.4 Å². The van der Waals surface area contributed by atoms with E-state index < -0.39 is 5.41 Å². The molecule has 1 heterocycles. The Kier molecular flexibility index (Phi) is 3.47. The highest BCUT2D eigenvalue weighted by Gasteiger charge is 2.58. The van der Waals surface area contributed by atoms with Gasteiger partial charge in [0.1, 0.15) is 5.41 Å². The van der Waals surface area contributed by atoms with Gasteiger partial charge in [-0.05, 0) is 44.2 Å². The highest BCUT2D eigenvalue weighted by molar-refractivity contribution is 6.14. The van der Waals surface area contributed by atoms with Crippen LogP contribution in [-0.2, 0) is 16.0 Å². The number of nitrogens with one attached hydrogen (secondary N) is 1. The van der Waals surface area contributed by atoms with Gasteiger partial charge in [-0.1, -0.05) is 25.1 Å². The molecule has 1 aliphatic heterocycles. The van der Waals surface area contributed by atoms with Gasteiger partial charge < -0.3 is 10.2 Å². The molecule has 1 N–H and O–H groups in total. The monoisotopic (exact) mass is 286 g/mol. The van der Waals surface area contributed by atoms with Crippen molar-refractivity contribution in [2.75, 3.05) is 11.4 Å².